The maximum atomic E-state index is 8.77. The van der Waals surface area contributed by atoms with Gasteiger partial charge in [-0.25, -0.2) is 0 Å². The molecule has 86 valence electrons. The summed E-state index contributed by atoms with van der Waals surface area (Å²) < 4.78 is 0. The van der Waals surface area contributed by atoms with Crippen LogP contribution in [0.15, 0.2) is 53.7 Å². The van der Waals surface area contributed by atoms with Crippen molar-refractivity contribution in [2.45, 2.75) is 6.92 Å². The molecule has 0 aliphatic rings. The molecule has 3 nitrogen and oxygen atoms in total. The first-order valence-electron chi connectivity index (χ1n) is 5.36. The molecule has 0 bridgehead atoms. The highest BCUT2D eigenvalue weighted by Gasteiger charge is 2.07. The molecule has 0 fully saturated rings. The molecule has 0 aliphatic heterocycles. The Hall–Kier alpha value is -2.29. The largest absolute Gasteiger partial charge is 0.409 e. The zero-order chi connectivity index (χ0) is 12.3. The van der Waals surface area contributed by atoms with Crippen LogP contribution in [0.4, 0.5) is 0 Å². The first kappa shape index (κ1) is 11.2. The summed E-state index contributed by atoms with van der Waals surface area (Å²) in [5.41, 5.74) is 9.62. The molecule has 0 saturated heterocycles. The normalized spacial score (nSPS) is 11.5. The standard InChI is InChI=1S/C14H14N2O/c1-10-6-8-11(9-7-10)12-4-2-3-5-13(12)14(15)16-17/h2-9,17H,1H3,(H2,15,16). The second-order valence-electron chi connectivity index (χ2n) is 3.90. The van der Waals surface area contributed by atoms with Gasteiger partial charge in [-0.2, -0.15) is 0 Å². The highest BCUT2D eigenvalue weighted by atomic mass is 16.4. The lowest BCUT2D eigenvalue weighted by molar-refractivity contribution is 0.318. The molecule has 0 aromatic heterocycles. The van der Waals surface area contributed by atoms with E-state index in [0.29, 0.717) is 0 Å². The van der Waals surface area contributed by atoms with E-state index in [4.69, 9.17) is 10.9 Å². The SMILES string of the molecule is Cc1ccc(-c2ccccc2/C(N)=N\O)cc1. The molecule has 0 atom stereocenters. The molecule has 2 aromatic carbocycles. The third-order valence-electron chi connectivity index (χ3n) is 2.67. The van der Waals surface area contributed by atoms with Crippen molar-refractivity contribution in [2.75, 3.05) is 0 Å². The van der Waals surface area contributed by atoms with Crippen LogP contribution in [0.2, 0.25) is 0 Å². The van der Waals surface area contributed by atoms with E-state index in [-0.39, 0.29) is 5.84 Å². The maximum absolute atomic E-state index is 8.77. The van der Waals surface area contributed by atoms with Gasteiger partial charge in [-0.05, 0) is 18.1 Å². The van der Waals surface area contributed by atoms with E-state index in [9.17, 15) is 0 Å². The Morgan fingerprint density at radius 2 is 1.71 bits per heavy atom. The highest BCUT2D eigenvalue weighted by molar-refractivity contribution is 6.03. The van der Waals surface area contributed by atoms with Gasteiger partial charge >= 0.3 is 0 Å². The van der Waals surface area contributed by atoms with Crippen molar-refractivity contribution in [2.24, 2.45) is 10.9 Å². The van der Waals surface area contributed by atoms with E-state index in [1.807, 2.05) is 55.5 Å². The minimum Gasteiger partial charge on any atom is -0.409 e. The number of nitrogens with zero attached hydrogens (tertiary/aromatic N) is 1. The minimum atomic E-state index is 0.126. The van der Waals surface area contributed by atoms with Crippen molar-refractivity contribution in [3.05, 3.63) is 59.7 Å². The van der Waals surface area contributed by atoms with E-state index in [1.54, 1.807) is 0 Å². The molecular formula is C14H14N2O. The number of oxime groups is 1. The summed E-state index contributed by atoms with van der Waals surface area (Å²) in [7, 11) is 0. The van der Waals surface area contributed by atoms with Crippen LogP contribution in [0.1, 0.15) is 11.1 Å². The molecule has 2 rings (SSSR count). The molecule has 0 spiro atoms. The fourth-order valence-corrected chi connectivity index (χ4v) is 1.75. The Morgan fingerprint density at radius 1 is 1.06 bits per heavy atom. The van der Waals surface area contributed by atoms with Gasteiger partial charge in [0, 0.05) is 5.56 Å². The van der Waals surface area contributed by atoms with Crippen LogP contribution in [0.3, 0.4) is 0 Å². The van der Waals surface area contributed by atoms with Crippen LogP contribution in [0.5, 0.6) is 0 Å². The number of rotatable bonds is 2. The average molecular weight is 226 g/mol. The van der Waals surface area contributed by atoms with Gasteiger partial charge in [0.25, 0.3) is 0 Å². The Bertz CT molecular complexity index is 544. The summed E-state index contributed by atoms with van der Waals surface area (Å²) in [4.78, 5) is 0. The first-order chi connectivity index (χ1) is 8.22. The van der Waals surface area contributed by atoms with Crippen LogP contribution in [-0.2, 0) is 0 Å². The van der Waals surface area contributed by atoms with E-state index in [2.05, 4.69) is 5.16 Å². The third kappa shape index (κ3) is 2.28. The monoisotopic (exact) mass is 226 g/mol. The molecule has 17 heavy (non-hydrogen) atoms. The van der Waals surface area contributed by atoms with Gasteiger partial charge in [-0.1, -0.05) is 59.3 Å². The third-order valence-corrected chi connectivity index (χ3v) is 2.67. The number of hydrogen-bond acceptors (Lipinski definition) is 2. The zero-order valence-electron chi connectivity index (χ0n) is 9.59. The number of amidine groups is 1. The fraction of sp³-hybridized carbons (Fsp3) is 0.0714. The lowest BCUT2D eigenvalue weighted by atomic mass is 9.98. The molecule has 0 radical (unpaired) electrons. The molecule has 3 N–H and O–H groups in total. The summed E-state index contributed by atoms with van der Waals surface area (Å²) in [6.07, 6.45) is 0. The zero-order valence-corrected chi connectivity index (χ0v) is 9.59. The predicted molar refractivity (Wildman–Crippen MR) is 69.1 cm³/mol. The van der Waals surface area contributed by atoms with Gasteiger partial charge in [0.05, 0.1) is 0 Å². The van der Waals surface area contributed by atoms with Crippen LogP contribution >= 0.6 is 0 Å². The van der Waals surface area contributed by atoms with E-state index in [0.717, 1.165) is 16.7 Å². The van der Waals surface area contributed by atoms with Crippen molar-refractivity contribution in [1.82, 2.24) is 0 Å². The van der Waals surface area contributed by atoms with E-state index < -0.39 is 0 Å². The van der Waals surface area contributed by atoms with Gasteiger partial charge in [0.15, 0.2) is 5.84 Å². The van der Waals surface area contributed by atoms with Crippen molar-refractivity contribution in [3.63, 3.8) is 0 Å². The number of hydrogen-bond donors (Lipinski definition) is 2. The molecule has 0 amide bonds. The molecule has 2 aromatic rings. The average Bonchev–Trinajstić information content (AvgIpc) is 2.39. The Labute approximate surface area is 100 Å². The van der Waals surface area contributed by atoms with Crippen LogP contribution in [0, 0.1) is 6.92 Å². The van der Waals surface area contributed by atoms with Crippen molar-refractivity contribution >= 4 is 5.84 Å². The van der Waals surface area contributed by atoms with Gasteiger partial charge in [0.2, 0.25) is 0 Å². The smallest absolute Gasteiger partial charge is 0.170 e. The molecule has 0 saturated carbocycles. The van der Waals surface area contributed by atoms with Gasteiger partial charge in [-0.15, -0.1) is 0 Å². The minimum absolute atomic E-state index is 0.126. The maximum Gasteiger partial charge on any atom is 0.170 e. The second kappa shape index (κ2) is 4.70. The lowest BCUT2D eigenvalue weighted by Gasteiger charge is -2.08. The topological polar surface area (TPSA) is 58.6 Å². The van der Waals surface area contributed by atoms with Gasteiger partial charge in [-0.3, -0.25) is 0 Å². The molecule has 0 aliphatic carbocycles. The number of benzene rings is 2. The van der Waals surface area contributed by atoms with Crippen LogP contribution in [0.25, 0.3) is 11.1 Å². The quantitative estimate of drug-likeness (QED) is 0.358. The Kier molecular flexibility index (Phi) is 3.10. The Balaban J connectivity index is 2.55. The van der Waals surface area contributed by atoms with Crippen molar-refractivity contribution in [3.8, 4) is 11.1 Å². The lowest BCUT2D eigenvalue weighted by Crippen LogP contribution is -2.14. The van der Waals surface area contributed by atoms with Crippen molar-refractivity contribution in [1.29, 1.82) is 0 Å². The van der Waals surface area contributed by atoms with E-state index >= 15 is 0 Å². The number of nitrogens with two attached hydrogens (primary N) is 1. The van der Waals surface area contributed by atoms with Gasteiger partial charge in [0.1, 0.15) is 0 Å². The fourth-order valence-electron chi connectivity index (χ4n) is 1.75. The molecule has 0 unspecified atom stereocenters. The summed E-state index contributed by atoms with van der Waals surface area (Å²) >= 11 is 0. The highest BCUT2D eigenvalue weighted by Crippen LogP contribution is 2.23. The molecular weight excluding hydrogens is 212 g/mol. The summed E-state index contributed by atoms with van der Waals surface area (Å²) in [5, 5.41) is 11.8. The summed E-state index contributed by atoms with van der Waals surface area (Å²) in [5.74, 6) is 0.126. The first-order valence-corrected chi connectivity index (χ1v) is 5.36. The summed E-state index contributed by atoms with van der Waals surface area (Å²) in [6.45, 7) is 2.04. The van der Waals surface area contributed by atoms with Gasteiger partial charge < -0.3 is 10.9 Å². The molecule has 3 heteroatoms. The predicted octanol–water partition coefficient (Wildman–Crippen LogP) is 2.76. The van der Waals surface area contributed by atoms with Crippen LogP contribution in [-0.4, -0.2) is 11.0 Å². The second-order valence-corrected chi connectivity index (χ2v) is 3.90. The van der Waals surface area contributed by atoms with E-state index in [1.165, 1.54) is 5.56 Å². The van der Waals surface area contributed by atoms with Crippen molar-refractivity contribution < 1.29 is 5.21 Å². The Morgan fingerprint density at radius 3 is 2.35 bits per heavy atom. The molecule has 0 heterocycles. The number of aryl methyl sites for hydroxylation is 1. The van der Waals surface area contributed by atoms with Crippen LogP contribution < -0.4 is 5.73 Å². The summed E-state index contributed by atoms with van der Waals surface area (Å²) in [6, 6.07) is 15.7.